The van der Waals surface area contributed by atoms with E-state index in [0.29, 0.717) is 0 Å². The molecule has 0 aliphatic heterocycles. The van der Waals surface area contributed by atoms with Crippen LogP contribution in [0.2, 0.25) is 6.04 Å². The molecule has 0 saturated carbocycles. The molecular formula is C18H43N3Si. The lowest BCUT2D eigenvalue weighted by atomic mass is 10.0. The molecule has 0 rings (SSSR count). The zero-order valence-electron chi connectivity index (χ0n) is 15.3. The van der Waals surface area contributed by atoms with Crippen molar-refractivity contribution in [1.82, 2.24) is 0 Å². The van der Waals surface area contributed by atoms with Gasteiger partial charge in [-0.05, 0) is 6.04 Å². The van der Waals surface area contributed by atoms with Crippen LogP contribution in [0.1, 0.15) is 110 Å². The molecule has 6 N–H and O–H groups in total. The second kappa shape index (κ2) is 16.0. The molecule has 0 saturated heterocycles. The van der Waals surface area contributed by atoms with E-state index in [1.165, 1.54) is 96.3 Å². The van der Waals surface area contributed by atoms with Gasteiger partial charge >= 0.3 is 0 Å². The number of nitrogens with two attached hydrogens (primary N) is 3. The van der Waals surface area contributed by atoms with Gasteiger partial charge in [-0.2, -0.15) is 0 Å². The summed E-state index contributed by atoms with van der Waals surface area (Å²) >= 11 is 0. The molecular weight excluding hydrogens is 286 g/mol. The average molecular weight is 330 g/mol. The van der Waals surface area contributed by atoms with Crippen molar-refractivity contribution in [3.05, 3.63) is 0 Å². The van der Waals surface area contributed by atoms with Crippen LogP contribution in [-0.4, -0.2) is 8.56 Å². The quantitative estimate of drug-likeness (QED) is 0.258. The summed E-state index contributed by atoms with van der Waals surface area (Å²) in [7, 11) is -2.26. The predicted molar refractivity (Wildman–Crippen MR) is 103 cm³/mol. The molecule has 0 heterocycles. The van der Waals surface area contributed by atoms with E-state index in [1.54, 1.807) is 0 Å². The van der Waals surface area contributed by atoms with Crippen molar-refractivity contribution in [3.8, 4) is 0 Å². The maximum atomic E-state index is 5.69. The molecule has 0 aromatic carbocycles. The Morgan fingerprint density at radius 1 is 0.455 bits per heavy atom. The molecule has 0 bridgehead atoms. The summed E-state index contributed by atoms with van der Waals surface area (Å²) in [5.74, 6) is 0. The molecule has 0 unspecified atom stereocenters. The molecule has 134 valence electrons. The molecule has 22 heavy (non-hydrogen) atoms. The van der Waals surface area contributed by atoms with E-state index in [1.807, 2.05) is 0 Å². The highest BCUT2D eigenvalue weighted by Crippen LogP contribution is 2.14. The zero-order valence-corrected chi connectivity index (χ0v) is 16.3. The van der Waals surface area contributed by atoms with E-state index in [2.05, 4.69) is 6.92 Å². The van der Waals surface area contributed by atoms with Crippen LogP contribution in [0.15, 0.2) is 0 Å². The highest BCUT2D eigenvalue weighted by Gasteiger charge is 2.15. The summed E-state index contributed by atoms with van der Waals surface area (Å²) in [5.41, 5.74) is 0. The van der Waals surface area contributed by atoms with Crippen molar-refractivity contribution in [2.75, 3.05) is 0 Å². The number of unbranched alkanes of at least 4 members (excludes halogenated alkanes) is 15. The third kappa shape index (κ3) is 20.1. The standard InChI is InChI=1S/C18H43N3Si/c1-2-3-4-5-6-7-8-9-10-11-12-13-14-15-16-17-18-22(19,20)21/h2-21H2,1H3. The van der Waals surface area contributed by atoms with Gasteiger partial charge in [0.1, 0.15) is 0 Å². The molecule has 3 nitrogen and oxygen atoms in total. The van der Waals surface area contributed by atoms with E-state index >= 15 is 0 Å². The third-order valence-corrected chi connectivity index (χ3v) is 5.68. The van der Waals surface area contributed by atoms with Gasteiger partial charge in [-0.3, -0.25) is 0 Å². The van der Waals surface area contributed by atoms with Crippen molar-refractivity contribution in [1.29, 1.82) is 0 Å². The lowest BCUT2D eigenvalue weighted by molar-refractivity contribution is 0.531. The minimum absolute atomic E-state index is 0.867. The van der Waals surface area contributed by atoms with Crippen LogP contribution in [0, 0.1) is 0 Å². The van der Waals surface area contributed by atoms with Gasteiger partial charge in [0.25, 0.3) is 8.56 Å². The largest absolute Gasteiger partial charge is 0.327 e. The molecule has 0 fully saturated rings. The van der Waals surface area contributed by atoms with E-state index in [0.717, 1.165) is 12.5 Å². The van der Waals surface area contributed by atoms with Crippen LogP contribution in [0.4, 0.5) is 0 Å². The van der Waals surface area contributed by atoms with Crippen LogP contribution in [0.25, 0.3) is 0 Å². The van der Waals surface area contributed by atoms with Crippen molar-refractivity contribution in [3.63, 3.8) is 0 Å². The van der Waals surface area contributed by atoms with Crippen LogP contribution >= 0.6 is 0 Å². The lowest BCUT2D eigenvalue weighted by Gasteiger charge is -2.13. The van der Waals surface area contributed by atoms with E-state index in [4.69, 9.17) is 16.2 Å². The van der Waals surface area contributed by atoms with E-state index < -0.39 is 8.56 Å². The maximum Gasteiger partial charge on any atom is 0.273 e. The predicted octanol–water partition coefficient (Wildman–Crippen LogP) is 5.06. The Hall–Kier alpha value is 0.0969. The van der Waals surface area contributed by atoms with Crippen molar-refractivity contribution in [2.24, 2.45) is 16.2 Å². The average Bonchev–Trinajstić information content (AvgIpc) is 2.45. The summed E-state index contributed by atoms with van der Waals surface area (Å²) in [6, 6.07) is 0.867. The molecule has 0 aromatic heterocycles. The summed E-state index contributed by atoms with van der Waals surface area (Å²) < 4.78 is 0. The molecule has 0 amide bonds. The van der Waals surface area contributed by atoms with E-state index in [9.17, 15) is 0 Å². The minimum Gasteiger partial charge on any atom is -0.327 e. The first-order valence-corrected chi connectivity index (χ1v) is 12.4. The first-order chi connectivity index (χ1) is 10.6. The normalized spacial score (nSPS) is 12.0. The Labute approximate surface area is 141 Å². The van der Waals surface area contributed by atoms with Crippen LogP contribution in [0.3, 0.4) is 0 Å². The first-order valence-electron chi connectivity index (χ1n) is 9.93. The monoisotopic (exact) mass is 329 g/mol. The maximum absolute atomic E-state index is 5.69. The topological polar surface area (TPSA) is 78.1 Å². The van der Waals surface area contributed by atoms with Gasteiger partial charge in [0.2, 0.25) is 0 Å². The van der Waals surface area contributed by atoms with Gasteiger partial charge in [0.15, 0.2) is 0 Å². The van der Waals surface area contributed by atoms with Gasteiger partial charge in [0.05, 0.1) is 0 Å². The molecule has 0 aliphatic rings. The SMILES string of the molecule is CCCCCCCCCCCCCCCCCC[Si](N)(N)N. The zero-order chi connectivity index (χ0) is 16.5. The van der Waals surface area contributed by atoms with E-state index in [-0.39, 0.29) is 0 Å². The van der Waals surface area contributed by atoms with Gasteiger partial charge in [-0.15, -0.1) is 0 Å². The highest BCUT2D eigenvalue weighted by atomic mass is 28.4. The second-order valence-electron chi connectivity index (χ2n) is 7.17. The Balaban J connectivity index is 3.00. The lowest BCUT2D eigenvalue weighted by Crippen LogP contribution is -2.64. The van der Waals surface area contributed by atoms with Crippen molar-refractivity contribution < 1.29 is 0 Å². The van der Waals surface area contributed by atoms with Gasteiger partial charge in [-0.1, -0.05) is 110 Å². The third-order valence-electron chi connectivity index (χ3n) is 4.46. The summed E-state index contributed by atoms with van der Waals surface area (Å²) in [4.78, 5) is 0. The van der Waals surface area contributed by atoms with Gasteiger partial charge < -0.3 is 16.2 Å². The number of rotatable bonds is 17. The van der Waals surface area contributed by atoms with Gasteiger partial charge in [-0.25, -0.2) is 0 Å². The summed E-state index contributed by atoms with van der Waals surface area (Å²) in [6.45, 7) is 2.28. The summed E-state index contributed by atoms with van der Waals surface area (Å²) in [6.07, 6.45) is 22.2. The molecule has 0 atom stereocenters. The fraction of sp³-hybridized carbons (Fsp3) is 1.00. The molecule has 4 heteroatoms. The Bertz CT molecular complexity index is 217. The van der Waals surface area contributed by atoms with Crippen molar-refractivity contribution in [2.45, 2.75) is 116 Å². The fourth-order valence-electron chi connectivity index (χ4n) is 2.98. The molecule has 0 aromatic rings. The summed E-state index contributed by atoms with van der Waals surface area (Å²) in [5, 5.41) is 17.1. The Morgan fingerprint density at radius 3 is 1.00 bits per heavy atom. The van der Waals surface area contributed by atoms with Gasteiger partial charge in [0, 0.05) is 0 Å². The van der Waals surface area contributed by atoms with Crippen LogP contribution in [-0.2, 0) is 0 Å². The molecule has 0 radical (unpaired) electrons. The van der Waals surface area contributed by atoms with Crippen LogP contribution < -0.4 is 16.2 Å². The molecule has 0 aliphatic carbocycles. The first kappa shape index (κ1) is 22.1. The minimum atomic E-state index is -2.26. The Kier molecular flexibility index (Phi) is 16.0. The number of hydrogen-bond donors (Lipinski definition) is 3. The molecule has 0 spiro atoms. The smallest absolute Gasteiger partial charge is 0.273 e. The van der Waals surface area contributed by atoms with Crippen LogP contribution in [0.5, 0.6) is 0 Å². The second-order valence-corrected chi connectivity index (χ2v) is 9.89. The Morgan fingerprint density at radius 2 is 0.727 bits per heavy atom. The highest BCUT2D eigenvalue weighted by molar-refractivity contribution is 6.70. The van der Waals surface area contributed by atoms with Crippen molar-refractivity contribution >= 4 is 8.56 Å². The number of hydrogen-bond acceptors (Lipinski definition) is 3. The fourth-order valence-corrected chi connectivity index (χ4v) is 3.84.